The monoisotopic (exact) mass is 392 g/mol. The Morgan fingerprint density at radius 2 is 1.76 bits per heavy atom. The van der Waals surface area contributed by atoms with Crippen molar-refractivity contribution in [3.05, 3.63) is 0 Å². The van der Waals surface area contributed by atoms with Gasteiger partial charge < -0.3 is 20.1 Å². The fraction of sp³-hybridized carbons (Fsp3) is 0.812. The largest absolute Gasteiger partial charge is 0.466 e. The molecule has 0 bridgehead atoms. The van der Waals surface area contributed by atoms with Gasteiger partial charge in [-0.05, 0) is 26.8 Å². The van der Waals surface area contributed by atoms with Gasteiger partial charge in [-0.1, -0.05) is 19.6 Å². The summed E-state index contributed by atoms with van der Waals surface area (Å²) in [6.07, 6.45) is -0.601. The molecule has 0 aromatic rings. The van der Waals surface area contributed by atoms with Gasteiger partial charge in [0.2, 0.25) is 5.91 Å². The van der Waals surface area contributed by atoms with Gasteiger partial charge in [-0.15, -0.1) is 0 Å². The van der Waals surface area contributed by atoms with Gasteiger partial charge in [-0.25, -0.2) is 4.79 Å². The van der Waals surface area contributed by atoms with Gasteiger partial charge in [0.1, 0.15) is 11.6 Å². The quantitative estimate of drug-likeness (QED) is 0.318. The predicted octanol–water partition coefficient (Wildman–Crippen LogP) is 2.20. The molecular weight excluding hydrogens is 360 g/mol. The lowest BCUT2D eigenvalue weighted by molar-refractivity contribution is -0.143. The number of esters is 1. The number of hydrogen-bond donors (Lipinski definition) is 3. The SMILES string of the molecule is CC(C)(C)OC(=O)N[C@@H](CS)C(=O)NCCC(=O)OCC[Si](C)(C)C. The number of rotatable bonds is 9. The summed E-state index contributed by atoms with van der Waals surface area (Å²) in [6, 6.07) is 0.0770. The first kappa shape index (κ1) is 23.8. The number of thiol groups is 1. The highest BCUT2D eigenvalue weighted by Crippen LogP contribution is 2.08. The third-order valence-electron chi connectivity index (χ3n) is 2.93. The summed E-state index contributed by atoms with van der Waals surface area (Å²) in [4.78, 5) is 35.3. The zero-order valence-electron chi connectivity index (χ0n) is 16.1. The van der Waals surface area contributed by atoms with Crippen molar-refractivity contribution in [1.82, 2.24) is 10.6 Å². The lowest BCUT2D eigenvalue weighted by Gasteiger charge is -2.22. The average molecular weight is 393 g/mol. The van der Waals surface area contributed by atoms with Crippen LogP contribution in [0.4, 0.5) is 4.79 Å². The topological polar surface area (TPSA) is 93.7 Å². The van der Waals surface area contributed by atoms with Crippen LogP contribution in [0, 0.1) is 0 Å². The van der Waals surface area contributed by atoms with Crippen molar-refractivity contribution < 1.29 is 23.9 Å². The fourth-order valence-electron chi connectivity index (χ4n) is 1.60. The minimum Gasteiger partial charge on any atom is -0.466 e. The number of amides is 2. The molecule has 2 amide bonds. The summed E-state index contributed by atoms with van der Waals surface area (Å²) < 4.78 is 10.2. The number of alkyl carbamates (subject to hydrolysis) is 1. The maximum Gasteiger partial charge on any atom is 0.408 e. The Labute approximate surface area is 157 Å². The molecule has 2 N–H and O–H groups in total. The summed E-state index contributed by atoms with van der Waals surface area (Å²) >= 11 is 4.06. The Kier molecular flexibility index (Phi) is 10.2. The molecule has 9 heteroatoms. The zero-order chi connectivity index (χ0) is 19.7. The van der Waals surface area contributed by atoms with E-state index < -0.39 is 31.7 Å². The standard InChI is InChI=1S/C16H32N2O5SSi/c1-16(2,3)23-15(21)18-12(11-24)14(20)17-8-7-13(19)22-9-10-25(4,5)6/h12,24H,7-11H2,1-6H3,(H,17,20)(H,18,21)/t12-/m0/s1. The number of nitrogens with one attached hydrogen (secondary N) is 2. The van der Waals surface area contributed by atoms with Gasteiger partial charge in [-0.2, -0.15) is 12.6 Å². The molecule has 0 spiro atoms. The molecule has 7 nitrogen and oxygen atoms in total. The highest BCUT2D eigenvalue weighted by Gasteiger charge is 2.23. The van der Waals surface area contributed by atoms with Crippen LogP contribution >= 0.6 is 12.6 Å². The average Bonchev–Trinajstić information content (AvgIpc) is 2.41. The first-order chi connectivity index (χ1) is 11.3. The summed E-state index contributed by atoms with van der Waals surface area (Å²) in [6.45, 7) is 12.4. The van der Waals surface area contributed by atoms with Crippen LogP contribution in [0.25, 0.3) is 0 Å². The summed E-state index contributed by atoms with van der Waals surface area (Å²) in [5.74, 6) is -0.650. The molecule has 0 aromatic heterocycles. The van der Waals surface area contributed by atoms with Crippen LogP contribution in [0.2, 0.25) is 25.7 Å². The van der Waals surface area contributed by atoms with E-state index in [9.17, 15) is 14.4 Å². The third-order valence-corrected chi connectivity index (χ3v) is 5.00. The lowest BCUT2D eigenvalue weighted by Crippen LogP contribution is -2.49. The first-order valence-corrected chi connectivity index (χ1v) is 12.7. The molecule has 0 rings (SSSR count). The van der Waals surface area contributed by atoms with Crippen LogP contribution in [0.5, 0.6) is 0 Å². The van der Waals surface area contributed by atoms with Crippen molar-refractivity contribution in [2.75, 3.05) is 18.9 Å². The Morgan fingerprint density at radius 1 is 1.16 bits per heavy atom. The van der Waals surface area contributed by atoms with E-state index in [2.05, 4.69) is 42.9 Å². The van der Waals surface area contributed by atoms with E-state index in [4.69, 9.17) is 9.47 Å². The molecule has 0 heterocycles. The van der Waals surface area contributed by atoms with Crippen molar-refractivity contribution in [2.45, 2.75) is 64.5 Å². The summed E-state index contributed by atoms with van der Waals surface area (Å²) in [7, 11) is -1.23. The van der Waals surface area contributed by atoms with E-state index >= 15 is 0 Å². The van der Waals surface area contributed by atoms with Crippen LogP contribution in [0.3, 0.4) is 0 Å². The number of carbonyl (C=O) groups is 3. The molecule has 0 radical (unpaired) electrons. The fourth-order valence-corrected chi connectivity index (χ4v) is 2.57. The van der Waals surface area contributed by atoms with Crippen LogP contribution < -0.4 is 10.6 Å². The van der Waals surface area contributed by atoms with Gasteiger partial charge in [0.15, 0.2) is 0 Å². The highest BCUT2D eigenvalue weighted by molar-refractivity contribution is 7.80. The Hall–Kier alpha value is -1.22. The van der Waals surface area contributed by atoms with Gasteiger partial charge in [0, 0.05) is 20.4 Å². The summed E-state index contributed by atoms with van der Waals surface area (Å²) in [5.41, 5.74) is -0.651. The lowest BCUT2D eigenvalue weighted by atomic mass is 10.2. The van der Waals surface area contributed by atoms with E-state index in [0.29, 0.717) is 6.61 Å². The Balaban J connectivity index is 4.13. The Morgan fingerprint density at radius 3 is 2.24 bits per heavy atom. The van der Waals surface area contributed by atoms with Gasteiger partial charge in [0.25, 0.3) is 0 Å². The maximum absolute atomic E-state index is 12.0. The predicted molar refractivity (Wildman–Crippen MR) is 104 cm³/mol. The number of ether oxygens (including phenoxy) is 2. The van der Waals surface area contributed by atoms with Gasteiger partial charge in [0.05, 0.1) is 13.0 Å². The zero-order valence-corrected chi connectivity index (χ0v) is 18.0. The maximum atomic E-state index is 12.0. The molecule has 0 unspecified atom stereocenters. The normalized spacial score (nSPS) is 12.9. The molecule has 1 atom stereocenters. The second-order valence-corrected chi connectivity index (χ2v) is 13.9. The second-order valence-electron chi connectivity index (χ2n) is 7.95. The van der Waals surface area contributed by atoms with E-state index in [1.807, 2.05) is 0 Å². The second kappa shape index (κ2) is 10.7. The van der Waals surface area contributed by atoms with Crippen molar-refractivity contribution >= 4 is 38.7 Å². The van der Waals surface area contributed by atoms with Crippen LogP contribution in [0.15, 0.2) is 0 Å². The van der Waals surface area contributed by atoms with E-state index in [1.54, 1.807) is 20.8 Å². The van der Waals surface area contributed by atoms with E-state index in [-0.39, 0.29) is 24.7 Å². The molecule has 0 saturated heterocycles. The molecule has 0 aliphatic heterocycles. The molecule has 146 valence electrons. The molecular formula is C16H32N2O5SSi. The van der Waals surface area contributed by atoms with E-state index in [1.165, 1.54) is 0 Å². The number of hydrogen-bond acceptors (Lipinski definition) is 6. The van der Waals surface area contributed by atoms with Crippen molar-refractivity contribution in [2.24, 2.45) is 0 Å². The molecule has 0 saturated carbocycles. The van der Waals surface area contributed by atoms with Gasteiger partial charge >= 0.3 is 12.1 Å². The highest BCUT2D eigenvalue weighted by atomic mass is 32.1. The van der Waals surface area contributed by atoms with Crippen molar-refractivity contribution in [1.29, 1.82) is 0 Å². The molecule has 0 aromatic carbocycles. The van der Waals surface area contributed by atoms with Crippen LogP contribution in [-0.4, -0.2) is 56.6 Å². The molecule has 25 heavy (non-hydrogen) atoms. The minimum atomic E-state index is -1.23. The number of carbonyl (C=O) groups excluding carboxylic acids is 3. The first-order valence-electron chi connectivity index (χ1n) is 8.38. The molecule has 0 fully saturated rings. The third kappa shape index (κ3) is 13.7. The smallest absolute Gasteiger partial charge is 0.408 e. The van der Waals surface area contributed by atoms with Crippen LogP contribution in [0.1, 0.15) is 27.2 Å². The van der Waals surface area contributed by atoms with Crippen molar-refractivity contribution in [3.8, 4) is 0 Å². The van der Waals surface area contributed by atoms with E-state index in [0.717, 1.165) is 6.04 Å². The minimum absolute atomic E-state index is 0.0865. The molecule has 0 aliphatic carbocycles. The van der Waals surface area contributed by atoms with Gasteiger partial charge in [-0.3, -0.25) is 9.59 Å². The molecule has 0 aliphatic rings. The Bertz CT molecular complexity index is 460. The summed E-state index contributed by atoms with van der Waals surface area (Å²) in [5, 5.41) is 5.04. The van der Waals surface area contributed by atoms with Crippen LogP contribution in [-0.2, 0) is 19.1 Å². The van der Waals surface area contributed by atoms with Crippen molar-refractivity contribution in [3.63, 3.8) is 0 Å².